The van der Waals surface area contributed by atoms with Gasteiger partial charge in [0.05, 0.1) is 11.7 Å². The normalized spacial score (nSPS) is 16.2. The summed E-state index contributed by atoms with van der Waals surface area (Å²) in [6.45, 7) is 0. The number of alkyl halides is 3. The lowest BCUT2D eigenvalue weighted by molar-refractivity contribution is -0.137. The number of thioether (sulfide) groups is 1. The average molecular weight is 248 g/mol. The molecule has 0 heterocycles. The van der Waals surface area contributed by atoms with Gasteiger partial charge in [-0.2, -0.15) is 13.2 Å². The molecule has 1 aliphatic rings. The molecule has 16 heavy (non-hydrogen) atoms. The molecule has 0 saturated heterocycles. The Bertz CT molecular complexity index is 385. The molecule has 0 spiro atoms. The molecule has 1 fully saturated rings. The summed E-state index contributed by atoms with van der Waals surface area (Å²) in [6, 6.07) is 3.86. The Labute approximate surface area is 96.0 Å². The Morgan fingerprint density at radius 1 is 1.25 bits per heavy atom. The van der Waals surface area contributed by atoms with Crippen molar-refractivity contribution >= 4 is 11.8 Å². The van der Waals surface area contributed by atoms with Gasteiger partial charge in [-0.25, -0.2) is 0 Å². The lowest BCUT2D eigenvalue weighted by atomic mass is 10.2. The zero-order valence-electron chi connectivity index (χ0n) is 8.67. The molecular formula is C11H11F3OS. The summed E-state index contributed by atoms with van der Waals surface area (Å²) in [5, 5.41) is 0. The summed E-state index contributed by atoms with van der Waals surface area (Å²) in [7, 11) is 0. The molecule has 0 radical (unpaired) electrons. The third-order valence-corrected chi connectivity index (χ3v) is 2.98. The fourth-order valence-electron chi connectivity index (χ4n) is 1.30. The van der Waals surface area contributed by atoms with Crippen LogP contribution in [0.3, 0.4) is 0 Å². The van der Waals surface area contributed by atoms with Crippen molar-refractivity contribution in [3.63, 3.8) is 0 Å². The first-order valence-corrected chi connectivity index (χ1v) is 6.14. The molecule has 1 nitrogen and oxygen atoms in total. The number of hydrogen-bond donors (Lipinski definition) is 0. The van der Waals surface area contributed by atoms with Gasteiger partial charge >= 0.3 is 6.18 Å². The van der Waals surface area contributed by atoms with Crippen LogP contribution in [-0.2, 0) is 6.18 Å². The second-order valence-electron chi connectivity index (χ2n) is 3.71. The predicted octanol–water partition coefficient (Wildman–Crippen LogP) is 3.97. The smallest absolute Gasteiger partial charge is 0.416 e. The number of halogens is 3. The van der Waals surface area contributed by atoms with Crippen LogP contribution in [0.1, 0.15) is 18.4 Å². The van der Waals surface area contributed by atoms with E-state index >= 15 is 0 Å². The lowest BCUT2D eigenvalue weighted by Crippen LogP contribution is -2.06. The summed E-state index contributed by atoms with van der Waals surface area (Å²) < 4.78 is 43.1. The number of hydrogen-bond acceptors (Lipinski definition) is 2. The fraction of sp³-hybridized carbons (Fsp3) is 0.455. The van der Waals surface area contributed by atoms with E-state index in [1.807, 2.05) is 0 Å². The summed E-state index contributed by atoms with van der Waals surface area (Å²) >= 11 is 1.28. The number of rotatable bonds is 3. The summed E-state index contributed by atoms with van der Waals surface area (Å²) in [4.78, 5) is 0.575. The second-order valence-corrected chi connectivity index (χ2v) is 4.59. The molecule has 88 valence electrons. The van der Waals surface area contributed by atoms with Gasteiger partial charge in [0.15, 0.2) is 0 Å². The Kier molecular flexibility index (Phi) is 3.06. The number of benzene rings is 1. The van der Waals surface area contributed by atoms with Gasteiger partial charge in [0.1, 0.15) is 5.75 Å². The van der Waals surface area contributed by atoms with Crippen molar-refractivity contribution in [1.82, 2.24) is 0 Å². The van der Waals surface area contributed by atoms with Crippen LogP contribution in [0.25, 0.3) is 0 Å². The highest BCUT2D eigenvalue weighted by atomic mass is 32.2. The van der Waals surface area contributed by atoms with Gasteiger partial charge in [-0.3, -0.25) is 0 Å². The first-order chi connectivity index (χ1) is 7.49. The van der Waals surface area contributed by atoms with E-state index < -0.39 is 11.7 Å². The topological polar surface area (TPSA) is 9.23 Å². The maximum absolute atomic E-state index is 12.6. The zero-order chi connectivity index (χ0) is 11.8. The van der Waals surface area contributed by atoms with Crippen LogP contribution < -0.4 is 4.74 Å². The summed E-state index contributed by atoms with van der Waals surface area (Å²) in [5.74, 6) is 0.321. The lowest BCUT2D eigenvalue weighted by Gasteiger charge is -2.11. The Morgan fingerprint density at radius 3 is 2.44 bits per heavy atom. The molecule has 1 aliphatic carbocycles. The number of ether oxygens (including phenoxy) is 1. The van der Waals surface area contributed by atoms with Gasteiger partial charge in [0.25, 0.3) is 0 Å². The van der Waals surface area contributed by atoms with Crippen molar-refractivity contribution < 1.29 is 17.9 Å². The molecule has 0 aromatic heterocycles. The molecule has 0 atom stereocenters. The highest BCUT2D eigenvalue weighted by molar-refractivity contribution is 7.98. The minimum absolute atomic E-state index is 0.109. The van der Waals surface area contributed by atoms with Crippen molar-refractivity contribution in [3.05, 3.63) is 23.8 Å². The first-order valence-electron chi connectivity index (χ1n) is 4.92. The van der Waals surface area contributed by atoms with Crippen LogP contribution in [0.2, 0.25) is 0 Å². The minimum Gasteiger partial charge on any atom is -0.490 e. The maximum Gasteiger partial charge on any atom is 0.416 e. The van der Waals surface area contributed by atoms with Crippen molar-refractivity contribution in [2.45, 2.75) is 30.0 Å². The zero-order valence-corrected chi connectivity index (χ0v) is 9.49. The van der Waals surface area contributed by atoms with E-state index in [4.69, 9.17) is 4.74 Å². The summed E-state index contributed by atoms with van der Waals surface area (Å²) in [6.07, 6.45) is -0.586. The van der Waals surface area contributed by atoms with Crippen LogP contribution in [-0.4, -0.2) is 12.4 Å². The molecule has 0 aliphatic heterocycles. The van der Waals surface area contributed by atoms with Crippen molar-refractivity contribution in [1.29, 1.82) is 0 Å². The largest absolute Gasteiger partial charge is 0.490 e. The van der Waals surface area contributed by atoms with Gasteiger partial charge in [0, 0.05) is 4.90 Å². The van der Waals surface area contributed by atoms with Gasteiger partial charge in [-0.05, 0) is 37.3 Å². The highest BCUT2D eigenvalue weighted by Crippen LogP contribution is 2.36. The van der Waals surface area contributed by atoms with E-state index in [0.717, 1.165) is 25.0 Å². The Morgan fingerprint density at radius 2 is 1.94 bits per heavy atom. The second kappa shape index (κ2) is 4.20. The molecule has 1 aromatic rings. The van der Waals surface area contributed by atoms with E-state index in [1.54, 1.807) is 12.3 Å². The third kappa shape index (κ3) is 2.84. The van der Waals surface area contributed by atoms with Gasteiger partial charge < -0.3 is 4.74 Å². The standard InChI is InChI=1S/C11H11F3OS/c1-16-10-5-7(11(12,13)14)4-9(6-10)15-8-2-3-8/h4-6,8H,2-3H2,1H3. The Hall–Kier alpha value is -0.840. The van der Waals surface area contributed by atoms with E-state index in [9.17, 15) is 13.2 Å². The van der Waals surface area contributed by atoms with Gasteiger partial charge in [-0.1, -0.05) is 0 Å². The van der Waals surface area contributed by atoms with Crippen LogP contribution in [0.5, 0.6) is 5.75 Å². The van der Waals surface area contributed by atoms with Crippen molar-refractivity contribution in [2.24, 2.45) is 0 Å². The molecular weight excluding hydrogens is 237 g/mol. The minimum atomic E-state index is -4.31. The van der Waals surface area contributed by atoms with Crippen LogP contribution in [0.4, 0.5) is 13.2 Å². The molecule has 2 rings (SSSR count). The highest BCUT2D eigenvalue weighted by Gasteiger charge is 2.32. The summed E-state index contributed by atoms with van der Waals surface area (Å²) in [5.41, 5.74) is -0.644. The van der Waals surface area contributed by atoms with Crippen molar-refractivity contribution in [3.8, 4) is 5.75 Å². The molecule has 0 N–H and O–H groups in total. The van der Waals surface area contributed by atoms with E-state index in [2.05, 4.69) is 0 Å². The predicted molar refractivity (Wildman–Crippen MR) is 56.9 cm³/mol. The van der Waals surface area contributed by atoms with E-state index in [-0.39, 0.29) is 6.10 Å². The van der Waals surface area contributed by atoms with E-state index in [1.165, 1.54) is 11.8 Å². The SMILES string of the molecule is CSc1cc(OC2CC2)cc(C(F)(F)F)c1. The molecule has 0 unspecified atom stereocenters. The molecule has 0 amide bonds. The first kappa shape index (κ1) is 11.6. The van der Waals surface area contributed by atoms with Gasteiger partial charge in [0.2, 0.25) is 0 Å². The van der Waals surface area contributed by atoms with E-state index in [0.29, 0.717) is 10.6 Å². The molecule has 1 saturated carbocycles. The third-order valence-electron chi connectivity index (χ3n) is 2.27. The maximum atomic E-state index is 12.6. The molecule has 1 aromatic carbocycles. The fourth-order valence-corrected chi connectivity index (χ4v) is 1.78. The van der Waals surface area contributed by atoms with Gasteiger partial charge in [-0.15, -0.1) is 11.8 Å². The molecule has 0 bridgehead atoms. The monoisotopic (exact) mass is 248 g/mol. The van der Waals surface area contributed by atoms with Crippen LogP contribution >= 0.6 is 11.8 Å². The van der Waals surface area contributed by atoms with Crippen molar-refractivity contribution in [2.75, 3.05) is 6.26 Å². The quantitative estimate of drug-likeness (QED) is 0.748. The van der Waals surface area contributed by atoms with Crippen LogP contribution in [0.15, 0.2) is 23.1 Å². The average Bonchev–Trinajstić information content (AvgIpc) is 3.00. The molecule has 5 heteroatoms. The van der Waals surface area contributed by atoms with Crippen LogP contribution in [0, 0.1) is 0 Å². The Balaban J connectivity index is 2.29.